The predicted molar refractivity (Wildman–Crippen MR) is 108 cm³/mol. The van der Waals surface area contributed by atoms with Crippen LogP contribution in [0.1, 0.15) is 5.56 Å². The molecule has 0 bridgehead atoms. The molecule has 0 radical (unpaired) electrons. The molecule has 1 heterocycles. The molecule has 0 aliphatic carbocycles. The van der Waals surface area contributed by atoms with Crippen molar-refractivity contribution >= 4 is 49.6 Å². The van der Waals surface area contributed by atoms with Crippen LogP contribution in [0.2, 0.25) is 5.02 Å². The molecule has 4 aromatic rings. The highest BCUT2D eigenvalue weighted by molar-refractivity contribution is 7.26. The highest BCUT2D eigenvalue weighted by atomic mass is 35.5. The Morgan fingerprint density at radius 3 is 2.40 bits per heavy atom. The van der Waals surface area contributed by atoms with Gasteiger partial charge in [0.15, 0.2) is 0 Å². The quantitative estimate of drug-likeness (QED) is 0.379. The van der Waals surface area contributed by atoms with Crippen molar-refractivity contribution in [3.63, 3.8) is 0 Å². The van der Waals surface area contributed by atoms with Crippen molar-refractivity contribution in [3.05, 3.63) is 71.2 Å². The molecule has 4 rings (SSSR count). The molecule has 126 valence electrons. The zero-order chi connectivity index (χ0) is 17.8. The van der Waals surface area contributed by atoms with Crippen molar-refractivity contribution in [1.82, 2.24) is 0 Å². The van der Waals surface area contributed by atoms with Crippen LogP contribution in [0.5, 0.6) is 0 Å². The van der Waals surface area contributed by atoms with E-state index in [4.69, 9.17) is 16.4 Å². The molecular formula is C21H17ClO2S. The van der Waals surface area contributed by atoms with Gasteiger partial charge in [-0.15, -0.1) is 11.3 Å². The van der Waals surface area contributed by atoms with Gasteiger partial charge in [-0.2, -0.15) is 0 Å². The van der Waals surface area contributed by atoms with Crippen LogP contribution in [0.3, 0.4) is 0 Å². The largest absolute Gasteiger partial charge is 0.471 e. The van der Waals surface area contributed by atoms with Crippen molar-refractivity contribution in [2.24, 2.45) is 0 Å². The number of benzene rings is 3. The van der Waals surface area contributed by atoms with Crippen LogP contribution >= 0.6 is 22.9 Å². The lowest BCUT2D eigenvalue weighted by molar-refractivity contribution is -0.126. The Kier molecular flexibility index (Phi) is 5.37. The summed E-state index contributed by atoms with van der Waals surface area (Å²) < 4.78 is 6.55. The second kappa shape index (κ2) is 7.68. The molecule has 25 heavy (non-hydrogen) atoms. The molecular weight excluding hydrogens is 352 g/mol. The second-order valence-corrected chi connectivity index (χ2v) is 7.06. The summed E-state index contributed by atoms with van der Waals surface area (Å²) in [7, 11) is 1.31. The third kappa shape index (κ3) is 3.53. The van der Waals surface area contributed by atoms with Gasteiger partial charge in [-0.1, -0.05) is 54.1 Å². The van der Waals surface area contributed by atoms with E-state index in [1.807, 2.05) is 23.5 Å². The van der Waals surface area contributed by atoms with Crippen molar-refractivity contribution in [1.29, 1.82) is 0 Å². The number of carbonyl (C=O) groups excluding carboxylic acids is 1. The van der Waals surface area contributed by atoms with Crippen LogP contribution in [0.4, 0.5) is 0 Å². The number of fused-ring (bicyclic) bond motifs is 3. The molecule has 0 aliphatic heterocycles. The third-order valence-electron chi connectivity index (χ3n) is 3.98. The summed E-state index contributed by atoms with van der Waals surface area (Å²) in [4.78, 5) is 8.95. The third-order valence-corrected chi connectivity index (χ3v) is 5.43. The Morgan fingerprint density at radius 1 is 0.960 bits per heavy atom. The van der Waals surface area contributed by atoms with E-state index in [9.17, 15) is 0 Å². The lowest BCUT2D eigenvalue weighted by Crippen LogP contribution is -1.83. The molecule has 0 saturated carbocycles. The standard InChI is InChI=1S/C19H13ClS.C2H4O2/c1-12-11-13(20)9-10-14(12)16-6-4-7-17-15-5-2-3-8-18(15)21-19(16)17;1-4-2-3/h2-11H,1H3;2H,1H3. The fraction of sp³-hybridized carbons (Fsp3) is 0.0952. The van der Waals surface area contributed by atoms with Gasteiger partial charge in [0.1, 0.15) is 0 Å². The molecule has 2 nitrogen and oxygen atoms in total. The number of carbonyl (C=O) groups is 1. The first-order chi connectivity index (χ1) is 12.2. The van der Waals surface area contributed by atoms with Gasteiger partial charge in [-0.05, 0) is 41.8 Å². The Labute approximate surface area is 155 Å². The van der Waals surface area contributed by atoms with Crippen molar-refractivity contribution in [3.8, 4) is 11.1 Å². The van der Waals surface area contributed by atoms with Gasteiger partial charge < -0.3 is 4.74 Å². The van der Waals surface area contributed by atoms with Gasteiger partial charge in [0.2, 0.25) is 0 Å². The van der Waals surface area contributed by atoms with E-state index in [2.05, 4.69) is 60.2 Å². The summed E-state index contributed by atoms with van der Waals surface area (Å²) >= 11 is 7.95. The van der Waals surface area contributed by atoms with Crippen LogP contribution in [-0.2, 0) is 9.53 Å². The van der Waals surface area contributed by atoms with Crippen molar-refractivity contribution in [2.75, 3.05) is 7.11 Å². The summed E-state index contributed by atoms with van der Waals surface area (Å²) in [5.74, 6) is 0. The number of hydrogen-bond donors (Lipinski definition) is 0. The van der Waals surface area contributed by atoms with Gasteiger partial charge in [0.05, 0.1) is 7.11 Å². The average Bonchev–Trinajstić information content (AvgIpc) is 3.01. The monoisotopic (exact) mass is 368 g/mol. The van der Waals surface area contributed by atoms with Crippen LogP contribution < -0.4 is 0 Å². The maximum Gasteiger partial charge on any atom is 0.292 e. The van der Waals surface area contributed by atoms with Crippen LogP contribution in [-0.4, -0.2) is 13.6 Å². The van der Waals surface area contributed by atoms with E-state index >= 15 is 0 Å². The SMILES string of the molecule is COC=O.Cc1cc(Cl)ccc1-c1cccc2c1sc1ccccc12. The number of hydrogen-bond acceptors (Lipinski definition) is 3. The van der Waals surface area contributed by atoms with Crippen LogP contribution in [0.15, 0.2) is 60.7 Å². The average molecular weight is 369 g/mol. The molecule has 0 unspecified atom stereocenters. The number of halogens is 1. The molecule has 0 aliphatic rings. The molecule has 0 atom stereocenters. The first-order valence-electron chi connectivity index (χ1n) is 7.79. The smallest absolute Gasteiger partial charge is 0.292 e. The molecule has 0 amide bonds. The molecule has 0 fully saturated rings. The molecule has 3 aromatic carbocycles. The topological polar surface area (TPSA) is 26.3 Å². The molecule has 0 N–H and O–H groups in total. The minimum absolute atomic E-state index is 0.375. The van der Waals surface area contributed by atoms with Crippen LogP contribution in [0.25, 0.3) is 31.3 Å². The second-order valence-electron chi connectivity index (χ2n) is 5.57. The molecule has 4 heteroatoms. The van der Waals surface area contributed by atoms with Gasteiger partial charge >= 0.3 is 0 Å². The number of methoxy groups -OCH3 is 1. The van der Waals surface area contributed by atoms with Gasteiger partial charge in [-0.3, -0.25) is 4.79 Å². The van der Waals surface area contributed by atoms with Gasteiger partial charge in [0.25, 0.3) is 6.47 Å². The Balaban J connectivity index is 0.000000415. The first kappa shape index (κ1) is 17.5. The highest BCUT2D eigenvalue weighted by Gasteiger charge is 2.11. The highest BCUT2D eigenvalue weighted by Crippen LogP contribution is 2.40. The van der Waals surface area contributed by atoms with E-state index in [1.165, 1.54) is 44.0 Å². The predicted octanol–water partition coefficient (Wildman–Crippen LogP) is 6.47. The van der Waals surface area contributed by atoms with E-state index in [-0.39, 0.29) is 0 Å². The fourth-order valence-corrected chi connectivity index (χ4v) is 4.35. The summed E-state index contributed by atoms with van der Waals surface area (Å²) in [5, 5.41) is 3.47. The zero-order valence-electron chi connectivity index (χ0n) is 14.0. The maximum atomic E-state index is 8.95. The number of ether oxygens (including phenoxy) is 1. The van der Waals surface area contributed by atoms with Crippen molar-refractivity contribution in [2.45, 2.75) is 6.92 Å². The lowest BCUT2D eigenvalue weighted by atomic mass is 9.99. The summed E-state index contributed by atoms with van der Waals surface area (Å²) in [5.41, 5.74) is 3.77. The fourth-order valence-electron chi connectivity index (χ4n) is 2.89. The molecule has 0 spiro atoms. The number of rotatable bonds is 2. The Bertz CT molecular complexity index is 1040. The summed E-state index contributed by atoms with van der Waals surface area (Å²) in [6, 6.07) is 21.3. The maximum absolute atomic E-state index is 8.95. The van der Waals surface area contributed by atoms with Gasteiger partial charge in [0, 0.05) is 25.2 Å². The Morgan fingerprint density at radius 2 is 1.68 bits per heavy atom. The van der Waals surface area contributed by atoms with Crippen LogP contribution in [0, 0.1) is 6.92 Å². The van der Waals surface area contributed by atoms with E-state index in [0.717, 1.165) is 5.02 Å². The first-order valence-corrected chi connectivity index (χ1v) is 8.98. The molecule has 0 saturated heterocycles. The van der Waals surface area contributed by atoms with E-state index in [1.54, 1.807) is 0 Å². The van der Waals surface area contributed by atoms with E-state index < -0.39 is 0 Å². The normalized spacial score (nSPS) is 10.4. The number of aryl methyl sites for hydroxylation is 1. The van der Waals surface area contributed by atoms with Crippen molar-refractivity contribution < 1.29 is 9.53 Å². The Hall–Kier alpha value is -2.36. The van der Waals surface area contributed by atoms with E-state index in [0.29, 0.717) is 6.47 Å². The summed E-state index contributed by atoms with van der Waals surface area (Å²) in [6.45, 7) is 2.49. The minimum atomic E-state index is 0.375. The lowest BCUT2D eigenvalue weighted by Gasteiger charge is -2.07. The van der Waals surface area contributed by atoms with Gasteiger partial charge in [-0.25, -0.2) is 0 Å². The minimum Gasteiger partial charge on any atom is -0.471 e. The molecule has 1 aromatic heterocycles. The number of thiophene rings is 1. The summed E-state index contributed by atoms with van der Waals surface area (Å²) in [6.07, 6.45) is 0. The zero-order valence-corrected chi connectivity index (χ0v) is 15.5.